The van der Waals surface area contributed by atoms with Crippen molar-refractivity contribution in [1.29, 1.82) is 0 Å². The van der Waals surface area contributed by atoms with E-state index in [0.717, 1.165) is 80.3 Å². The van der Waals surface area contributed by atoms with E-state index in [1.54, 1.807) is 33.4 Å². The van der Waals surface area contributed by atoms with Crippen molar-refractivity contribution in [2.75, 3.05) is 14.2 Å². The first kappa shape index (κ1) is 52.9. The van der Waals surface area contributed by atoms with Gasteiger partial charge in [0.15, 0.2) is 28.8 Å². The normalized spacial score (nSPS) is 13.6. The summed E-state index contributed by atoms with van der Waals surface area (Å²) in [7, 11) is 3.27. The highest BCUT2D eigenvalue weighted by atomic mass is 16.5. The lowest BCUT2D eigenvalue weighted by Gasteiger charge is -2.23. The van der Waals surface area contributed by atoms with Crippen LogP contribution >= 0.6 is 0 Å². The number of carbonyl (C=O) groups excluding carboxylic acids is 1. The third kappa shape index (κ3) is 14.3. The molecule has 1 aliphatic rings. The maximum atomic E-state index is 12.9. The Kier molecular flexibility index (Phi) is 21.1. The fourth-order valence-corrected chi connectivity index (χ4v) is 8.77. The summed E-state index contributed by atoms with van der Waals surface area (Å²) in [6, 6.07) is 29.0. The van der Waals surface area contributed by atoms with E-state index in [4.69, 9.17) is 28.9 Å². The van der Waals surface area contributed by atoms with Gasteiger partial charge in [0.25, 0.3) is 0 Å². The molecule has 362 valence electrons. The number of allylic oxidation sites excluding steroid dienone is 2. The molecule has 5 aromatic rings. The quantitative estimate of drug-likeness (QED) is 0.0452. The van der Waals surface area contributed by atoms with E-state index >= 15 is 0 Å². The Morgan fingerprint density at radius 3 is 1.79 bits per heavy atom. The highest BCUT2D eigenvalue weighted by Gasteiger charge is 2.21. The van der Waals surface area contributed by atoms with Gasteiger partial charge in [-0.1, -0.05) is 115 Å². The Labute approximate surface area is 408 Å². The predicted molar refractivity (Wildman–Crippen MR) is 283 cm³/mol. The minimum Gasteiger partial charge on any atom is -0.493 e. The molecule has 0 bridgehead atoms. The topological polar surface area (TPSA) is 91.6 Å². The minimum atomic E-state index is -0.0892. The van der Waals surface area contributed by atoms with Crippen molar-refractivity contribution in [3.63, 3.8) is 0 Å². The summed E-state index contributed by atoms with van der Waals surface area (Å²) < 4.78 is 24.6. The molecule has 0 spiro atoms. The van der Waals surface area contributed by atoms with Crippen molar-refractivity contribution in [2.24, 2.45) is 27.7 Å². The molecule has 8 heteroatoms. The summed E-state index contributed by atoms with van der Waals surface area (Å²) in [6.07, 6.45) is 16.3. The monoisotopic (exact) mass is 920 g/mol. The number of aryl methyl sites for hydroxylation is 2. The third-order valence-electron chi connectivity index (χ3n) is 13.3. The highest BCUT2D eigenvalue weighted by Crippen LogP contribution is 2.43. The van der Waals surface area contributed by atoms with Crippen LogP contribution in [0, 0.1) is 17.8 Å². The van der Waals surface area contributed by atoms with Gasteiger partial charge >= 0.3 is 0 Å². The van der Waals surface area contributed by atoms with E-state index < -0.39 is 0 Å². The number of nitrogens with zero attached hydrogens (tertiary/aromatic N) is 3. The lowest BCUT2D eigenvalue weighted by Crippen LogP contribution is -2.16. The number of Topliss-reactive ketones (excluding diaryl/α,β-unsaturated/α-hetero) is 1. The van der Waals surface area contributed by atoms with Gasteiger partial charge in [-0.3, -0.25) is 19.8 Å². The Morgan fingerprint density at radius 2 is 1.25 bits per heavy atom. The molecule has 3 atom stereocenters. The van der Waals surface area contributed by atoms with Crippen LogP contribution in [0.4, 0.5) is 11.4 Å². The van der Waals surface area contributed by atoms with E-state index in [1.165, 1.54) is 39.8 Å². The van der Waals surface area contributed by atoms with E-state index in [2.05, 4.69) is 107 Å². The van der Waals surface area contributed by atoms with Crippen LogP contribution in [0.5, 0.6) is 23.0 Å². The fraction of sp³-hybridized carbons (Fsp3) is 0.433. The zero-order valence-electron chi connectivity index (χ0n) is 42.9. The van der Waals surface area contributed by atoms with Gasteiger partial charge in [0.2, 0.25) is 0 Å². The maximum Gasteiger partial charge on any atom is 0.163 e. The average Bonchev–Trinajstić information content (AvgIpc) is 3.35. The second-order valence-corrected chi connectivity index (χ2v) is 17.7. The summed E-state index contributed by atoms with van der Waals surface area (Å²) in [5.41, 5.74) is 12.9. The van der Waals surface area contributed by atoms with Crippen molar-refractivity contribution in [2.45, 2.75) is 140 Å². The second-order valence-electron chi connectivity index (χ2n) is 17.7. The standard InChI is InChI=1S/C58H71N3O5.C2H6/c1-10-19-42(28-47-22-16-14-20-44(47)12-3)35-60-54-34-57(56(64-9)32-52(54)41(7)62)65-37-43-26-27-59-50(29-43)38-66-58-33-53(51(31-55(58)63-8)40(6)46-24-18-25-46)61-36-49(39(5)11-2)30-48-23-17-15-21-45(48)13-4;1-2/h14-17,20-23,26-27,29,31-36,39,42,49H,10-13,18-19,24-25,28,30,37-38H2,1-9H3;1-2H3. The number of hydrogen-bond acceptors (Lipinski definition) is 8. The summed E-state index contributed by atoms with van der Waals surface area (Å²) in [4.78, 5) is 27.7. The van der Waals surface area contributed by atoms with Crippen LogP contribution in [0.25, 0.3) is 5.57 Å². The molecular weight excluding hydrogens is 843 g/mol. The summed E-state index contributed by atoms with van der Waals surface area (Å²) in [5, 5.41) is 0. The van der Waals surface area contributed by atoms with Crippen LogP contribution in [-0.4, -0.2) is 37.4 Å². The molecule has 1 heterocycles. The van der Waals surface area contributed by atoms with Gasteiger partial charge < -0.3 is 18.9 Å². The second kappa shape index (κ2) is 27.1. The molecule has 3 unspecified atom stereocenters. The van der Waals surface area contributed by atoms with Gasteiger partial charge in [-0.05, 0) is 135 Å². The molecule has 0 aliphatic heterocycles. The number of benzene rings is 4. The molecule has 4 aromatic carbocycles. The van der Waals surface area contributed by atoms with Crippen molar-refractivity contribution in [3.8, 4) is 23.0 Å². The SMILES string of the molecule is CC.CCCC(C=Nc1cc(OCc2ccnc(COc3cc(N=CC(Cc4ccccc4CC)C(C)CC)c(C(C)=C4CCC4)cc3OC)c2)c(OC)cc1C(C)=O)Cc1ccccc1CC. The van der Waals surface area contributed by atoms with Gasteiger partial charge in [-0.2, -0.15) is 0 Å². The van der Waals surface area contributed by atoms with E-state index in [0.29, 0.717) is 40.2 Å². The zero-order chi connectivity index (χ0) is 49.0. The van der Waals surface area contributed by atoms with Gasteiger partial charge in [0, 0.05) is 47.8 Å². The summed E-state index contributed by atoms with van der Waals surface area (Å²) in [5.74, 6) is 3.11. The Morgan fingerprint density at radius 1 is 0.691 bits per heavy atom. The van der Waals surface area contributed by atoms with Gasteiger partial charge in [-0.15, -0.1) is 0 Å². The molecule has 0 amide bonds. The van der Waals surface area contributed by atoms with Crippen molar-refractivity contribution < 1.29 is 23.7 Å². The number of ether oxygens (including phenoxy) is 4. The molecule has 68 heavy (non-hydrogen) atoms. The molecule has 8 nitrogen and oxygen atoms in total. The Balaban J connectivity index is 0.00000426. The van der Waals surface area contributed by atoms with Crippen molar-refractivity contribution in [3.05, 3.63) is 141 Å². The van der Waals surface area contributed by atoms with Crippen LogP contribution < -0.4 is 18.9 Å². The third-order valence-corrected chi connectivity index (χ3v) is 13.3. The van der Waals surface area contributed by atoms with Crippen LogP contribution in [0.2, 0.25) is 0 Å². The largest absolute Gasteiger partial charge is 0.493 e. The van der Waals surface area contributed by atoms with Crippen LogP contribution in [0.1, 0.15) is 150 Å². The lowest BCUT2D eigenvalue weighted by molar-refractivity contribution is 0.101. The van der Waals surface area contributed by atoms with Crippen molar-refractivity contribution >= 4 is 35.2 Å². The first-order chi connectivity index (χ1) is 33.1. The number of methoxy groups -OCH3 is 2. The number of rotatable bonds is 24. The number of ketones is 1. The molecule has 0 saturated heterocycles. The van der Waals surface area contributed by atoms with E-state index in [-0.39, 0.29) is 30.8 Å². The molecule has 0 radical (unpaired) electrons. The molecular formula is C60H77N3O5. The first-order valence-corrected chi connectivity index (χ1v) is 25.1. The lowest BCUT2D eigenvalue weighted by atomic mass is 9.85. The maximum absolute atomic E-state index is 12.9. The molecule has 1 aliphatic carbocycles. The van der Waals surface area contributed by atoms with Gasteiger partial charge in [0.1, 0.15) is 13.2 Å². The van der Waals surface area contributed by atoms with Gasteiger partial charge in [0.05, 0.1) is 31.3 Å². The fourth-order valence-electron chi connectivity index (χ4n) is 8.77. The van der Waals surface area contributed by atoms with Crippen molar-refractivity contribution in [1.82, 2.24) is 4.98 Å². The molecule has 6 rings (SSSR count). The van der Waals surface area contributed by atoms with E-state index in [9.17, 15) is 4.79 Å². The van der Waals surface area contributed by atoms with Crippen LogP contribution in [0.15, 0.2) is 107 Å². The summed E-state index contributed by atoms with van der Waals surface area (Å²) >= 11 is 0. The number of carbonyl (C=O) groups is 1. The smallest absolute Gasteiger partial charge is 0.163 e. The van der Waals surface area contributed by atoms with Gasteiger partial charge in [-0.25, -0.2) is 0 Å². The average molecular weight is 920 g/mol. The summed E-state index contributed by atoms with van der Waals surface area (Å²) in [6.45, 7) is 19.4. The molecule has 1 fully saturated rings. The Bertz CT molecular complexity index is 2500. The Hall–Kier alpha value is -6.02. The zero-order valence-corrected chi connectivity index (χ0v) is 42.9. The molecule has 0 N–H and O–H groups in total. The number of aromatic nitrogens is 1. The van der Waals surface area contributed by atoms with E-state index in [1.807, 2.05) is 44.3 Å². The minimum absolute atomic E-state index is 0.0892. The van der Waals surface area contributed by atoms with Crippen LogP contribution in [-0.2, 0) is 38.9 Å². The molecule has 1 aromatic heterocycles. The van der Waals surface area contributed by atoms with Crippen LogP contribution in [0.3, 0.4) is 0 Å². The first-order valence-electron chi connectivity index (χ1n) is 25.1. The molecule has 1 saturated carbocycles. The number of hydrogen-bond donors (Lipinski definition) is 0. The highest BCUT2D eigenvalue weighted by molar-refractivity contribution is 6.00. The predicted octanol–water partition coefficient (Wildman–Crippen LogP) is 15.5. The number of aliphatic imine (C=N–C) groups is 2. The number of pyridine rings is 1.